The molecule has 3 aliphatic heterocycles. The number of carbonyl (C=O) groups excluding carboxylic acids is 2. The van der Waals surface area contributed by atoms with Crippen LogP contribution < -0.4 is 29.0 Å². The number of anilines is 1. The van der Waals surface area contributed by atoms with E-state index in [-0.39, 0.29) is 66.2 Å². The van der Waals surface area contributed by atoms with Crippen LogP contribution in [-0.4, -0.2) is 56.7 Å². The summed E-state index contributed by atoms with van der Waals surface area (Å²) in [6, 6.07) is 9.85. The molecular formula is C36H31FN4O9S. The van der Waals surface area contributed by atoms with Crippen LogP contribution in [0.4, 0.5) is 10.1 Å². The van der Waals surface area contributed by atoms with Crippen LogP contribution in [0.2, 0.25) is 0 Å². The lowest BCUT2D eigenvalue weighted by Gasteiger charge is -2.38. The number of nitrogens with zero attached hydrogens (tertiary/aromatic N) is 3. The zero-order valence-electron chi connectivity index (χ0n) is 27.7. The van der Waals surface area contributed by atoms with Crippen molar-refractivity contribution in [2.24, 2.45) is 22.1 Å². The van der Waals surface area contributed by atoms with Crippen LogP contribution >= 0.6 is 11.8 Å². The molecule has 1 fully saturated rings. The first-order valence-corrected chi connectivity index (χ1v) is 17.0. The number of methoxy groups -OCH3 is 2. The molecule has 1 saturated heterocycles. The Morgan fingerprint density at radius 1 is 1.08 bits per heavy atom. The van der Waals surface area contributed by atoms with Crippen molar-refractivity contribution in [3.63, 3.8) is 0 Å². The van der Waals surface area contributed by atoms with Crippen molar-refractivity contribution in [1.82, 2.24) is 4.98 Å². The van der Waals surface area contributed by atoms with E-state index in [2.05, 4.69) is 26.4 Å². The van der Waals surface area contributed by atoms with Gasteiger partial charge in [0.2, 0.25) is 18.4 Å². The molecule has 4 aromatic rings. The maximum Gasteiger partial charge on any atom is 0.310 e. The third-order valence-corrected chi connectivity index (χ3v) is 10.7. The number of rotatable bonds is 11. The molecule has 4 heterocycles. The minimum atomic E-state index is -0.634. The summed E-state index contributed by atoms with van der Waals surface area (Å²) in [5, 5.41) is 10.4. The second-order valence-electron chi connectivity index (χ2n) is 12.7. The number of hydrogen-bond acceptors (Lipinski definition) is 13. The summed E-state index contributed by atoms with van der Waals surface area (Å²) in [5.41, 5.74) is 2.45. The number of oxazole rings is 1. The number of halogens is 1. The van der Waals surface area contributed by atoms with E-state index in [9.17, 15) is 14.0 Å². The van der Waals surface area contributed by atoms with Crippen molar-refractivity contribution in [2.45, 2.75) is 41.8 Å². The van der Waals surface area contributed by atoms with Gasteiger partial charge in [-0.1, -0.05) is 17.7 Å². The number of benzene rings is 3. The van der Waals surface area contributed by atoms with E-state index < -0.39 is 28.6 Å². The largest absolute Gasteiger partial charge is 0.493 e. The zero-order valence-corrected chi connectivity index (χ0v) is 28.5. The van der Waals surface area contributed by atoms with E-state index >= 15 is 0 Å². The van der Waals surface area contributed by atoms with Gasteiger partial charge in [-0.3, -0.25) is 9.59 Å². The molecular weight excluding hydrogens is 683 g/mol. The summed E-state index contributed by atoms with van der Waals surface area (Å²) in [6.45, 7) is 2.01. The number of hydrogen-bond donors (Lipinski definition) is 1. The highest BCUT2D eigenvalue weighted by Crippen LogP contribution is 2.60. The SMILES string of the molecule is C#CCOc1c(OC)cc([C@@H]2c3cc4c(cc3[C@@H](Sc3nc5cc(F)cc(NC(=O)CCC6(C)N=N6)c5o3)[C@H]3COC(=O)[C@H]23)OCO4)cc1OC. The highest BCUT2D eigenvalue weighted by molar-refractivity contribution is 7.99. The van der Waals surface area contributed by atoms with Gasteiger partial charge >= 0.3 is 5.97 Å². The van der Waals surface area contributed by atoms with Crippen molar-refractivity contribution in [1.29, 1.82) is 0 Å². The minimum Gasteiger partial charge on any atom is -0.493 e. The van der Waals surface area contributed by atoms with Crippen LogP contribution in [0.15, 0.2) is 56.3 Å². The van der Waals surface area contributed by atoms with Crippen molar-refractivity contribution in [3.05, 3.63) is 58.9 Å². The normalized spacial score (nSPS) is 21.7. The molecule has 0 radical (unpaired) electrons. The number of nitrogens with one attached hydrogen (secondary N) is 1. The number of ether oxygens (including phenoxy) is 6. The Hall–Kier alpha value is -5.49. The molecule has 1 aromatic heterocycles. The first-order chi connectivity index (χ1) is 24.7. The first-order valence-electron chi connectivity index (χ1n) is 16.1. The predicted molar refractivity (Wildman–Crippen MR) is 180 cm³/mol. The number of amides is 1. The summed E-state index contributed by atoms with van der Waals surface area (Å²) in [7, 11) is 3.02. The first kappa shape index (κ1) is 32.7. The molecule has 8 rings (SSSR count). The van der Waals surface area contributed by atoms with E-state index in [1.165, 1.54) is 38.1 Å². The molecule has 4 atom stereocenters. The van der Waals surface area contributed by atoms with E-state index in [4.69, 9.17) is 39.3 Å². The third kappa shape index (κ3) is 5.93. The van der Waals surface area contributed by atoms with Gasteiger partial charge in [-0.25, -0.2) is 9.37 Å². The zero-order chi connectivity index (χ0) is 35.4. The van der Waals surface area contributed by atoms with Gasteiger partial charge in [0.15, 0.2) is 34.2 Å². The maximum absolute atomic E-state index is 14.8. The lowest BCUT2D eigenvalue weighted by molar-refractivity contribution is -0.141. The van der Waals surface area contributed by atoms with Gasteiger partial charge < -0.3 is 38.2 Å². The fraction of sp³-hybridized carbons (Fsp3) is 0.361. The molecule has 15 heteroatoms. The lowest BCUT2D eigenvalue weighted by atomic mass is 9.67. The molecule has 0 unspecified atom stereocenters. The lowest BCUT2D eigenvalue weighted by Crippen LogP contribution is -2.33. The second kappa shape index (κ2) is 12.7. The fourth-order valence-corrected chi connectivity index (χ4v) is 8.23. The Balaban J connectivity index is 1.19. The molecule has 262 valence electrons. The van der Waals surface area contributed by atoms with E-state index in [0.717, 1.165) is 16.7 Å². The molecule has 13 nitrogen and oxygen atoms in total. The Morgan fingerprint density at radius 2 is 1.80 bits per heavy atom. The quantitative estimate of drug-likeness (QED) is 0.136. The smallest absolute Gasteiger partial charge is 0.310 e. The Morgan fingerprint density at radius 3 is 2.49 bits per heavy atom. The second-order valence-corrected chi connectivity index (χ2v) is 13.8. The van der Waals surface area contributed by atoms with Gasteiger partial charge in [0.25, 0.3) is 5.22 Å². The van der Waals surface area contributed by atoms with Crippen LogP contribution in [0.25, 0.3) is 11.1 Å². The number of fused-ring (bicyclic) bond motifs is 4. The van der Waals surface area contributed by atoms with Gasteiger partial charge in [0.05, 0.1) is 32.4 Å². The minimum absolute atomic E-state index is 0.000687. The van der Waals surface area contributed by atoms with Crippen LogP contribution in [-0.2, 0) is 14.3 Å². The van der Waals surface area contributed by atoms with Crippen molar-refractivity contribution < 1.29 is 46.8 Å². The summed E-state index contributed by atoms with van der Waals surface area (Å²) in [4.78, 5) is 31.0. The summed E-state index contributed by atoms with van der Waals surface area (Å²) >= 11 is 1.28. The predicted octanol–water partition coefficient (Wildman–Crippen LogP) is 6.39. The average molecular weight is 715 g/mol. The highest BCUT2D eigenvalue weighted by Gasteiger charge is 2.53. The fourth-order valence-electron chi connectivity index (χ4n) is 6.98. The van der Waals surface area contributed by atoms with E-state index in [0.29, 0.717) is 35.2 Å². The maximum atomic E-state index is 14.8. The Labute approximate surface area is 295 Å². The molecule has 0 bridgehead atoms. The van der Waals surface area contributed by atoms with E-state index in [1.54, 1.807) is 0 Å². The summed E-state index contributed by atoms with van der Waals surface area (Å²) in [6.07, 6.45) is 6.02. The van der Waals surface area contributed by atoms with Crippen molar-refractivity contribution in [3.8, 4) is 41.1 Å². The number of carbonyl (C=O) groups is 2. The van der Waals surface area contributed by atoms with E-state index in [1.807, 2.05) is 31.2 Å². The van der Waals surface area contributed by atoms with Gasteiger partial charge in [0, 0.05) is 42.1 Å². The Bertz CT molecular complexity index is 2130. The van der Waals surface area contributed by atoms with Crippen LogP contribution in [0.5, 0.6) is 28.7 Å². The van der Waals surface area contributed by atoms with Crippen molar-refractivity contribution >= 4 is 40.4 Å². The van der Waals surface area contributed by atoms with Gasteiger partial charge in [-0.2, -0.15) is 10.2 Å². The molecule has 1 aliphatic carbocycles. The highest BCUT2D eigenvalue weighted by atomic mass is 32.2. The van der Waals surface area contributed by atoms with Crippen molar-refractivity contribution in [2.75, 3.05) is 39.5 Å². The number of terminal acetylenes is 1. The number of cyclic esters (lactones) is 1. The molecule has 1 N–H and O–H groups in total. The topological polar surface area (TPSA) is 152 Å². The summed E-state index contributed by atoms with van der Waals surface area (Å²) < 4.78 is 55.4. The molecule has 51 heavy (non-hydrogen) atoms. The van der Waals surface area contributed by atoms with Crippen LogP contribution in [0.1, 0.15) is 47.6 Å². The number of thioether (sulfide) groups is 1. The molecule has 0 spiro atoms. The standard InChI is InChI=1S/C36H31FN4O9S/c1-5-8-46-32-26(44-3)9-17(10-27(32)45-4)29-19-13-24-25(49-16-48-24)14-20(19)33(21-15-47-34(43)30(21)29)51-35-39-23-12-18(37)11-22(31(23)50-35)38-28(42)6-7-36(2)40-41-36/h1,9-14,21,29-30,33H,6-8,15-16H2,2-4H3,(H,38,42)/t21-,29+,30-,33+/m0/s1. The number of esters is 1. The number of aromatic nitrogens is 1. The van der Waals surface area contributed by atoms with Gasteiger partial charge in [-0.05, 0) is 47.9 Å². The molecule has 4 aliphatic rings. The monoisotopic (exact) mass is 714 g/mol. The molecule has 0 saturated carbocycles. The third-order valence-electron chi connectivity index (χ3n) is 9.47. The Kier molecular flexibility index (Phi) is 8.13. The van der Waals surface area contributed by atoms with Crippen LogP contribution in [0.3, 0.4) is 0 Å². The molecule has 1 amide bonds. The van der Waals surface area contributed by atoms with Crippen LogP contribution in [0, 0.1) is 30.0 Å². The van der Waals surface area contributed by atoms with Gasteiger partial charge in [-0.15, -0.1) is 6.42 Å². The van der Waals surface area contributed by atoms with Gasteiger partial charge in [0.1, 0.15) is 17.9 Å². The summed E-state index contributed by atoms with van der Waals surface area (Å²) in [5.74, 6) is 1.88. The average Bonchev–Trinajstić information content (AvgIpc) is 3.42. The molecule has 3 aromatic carbocycles.